The molecule has 0 aromatic heterocycles. The number of carbonyl (C=O) groups excluding carboxylic acids is 2. The maximum Gasteiger partial charge on any atom is 0.410 e. The molecule has 1 aromatic rings. The third-order valence-electron chi connectivity index (χ3n) is 5.91. The van der Waals surface area contributed by atoms with Gasteiger partial charge in [-0.1, -0.05) is 30.3 Å². The predicted molar refractivity (Wildman–Crippen MR) is 115 cm³/mol. The topological polar surface area (TPSA) is 71.1 Å². The van der Waals surface area contributed by atoms with Gasteiger partial charge in [-0.2, -0.15) is 0 Å². The van der Waals surface area contributed by atoms with E-state index < -0.39 is 5.60 Å². The van der Waals surface area contributed by atoms with E-state index in [0.29, 0.717) is 18.7 Å². The lowest BCUT2D eigenvalue weighted by molar-refractivity contribution is 0.0266. The number of amides is 2. The molecule has 7 nitrogen and oxygen atoms in total. The highest BCUT2D eigenvalue weighted by Gasteiger charge is 2.37. The SMILES string of the molecule is CN(C1CCN(C(=O)OCc2ccccc2)CC1)C1CC(NC(=O)OC(C)(C)C)C1. The molecule has 2 fully saturated rings. The molecule has 0 atom stereocenters. The number of carbonyl (C=O) groups is 2. The van der Waals surface area contributed by atoms with Crippen molar-refractivity contribution in [3.05, 3.63) is 35.9 Å². The smallest absolute Gasteiger partial charge is 0.410 e. The van der Waals surface area contributed by atoms with Crippen molar-refractivity contribution in [3.63, 3.8) is 0 Å². The normalized spacial score (nSPS) is 22.4. The van der Waals surface area contributed by atoms with E-state index in [2.05, 4.69) is 17.3 Å². The van der Waals surface area contributed by atoms with Crippen molar-refractivity contribution >= 4 is 12.2 Å². The summed E-state index contributed by atoms with van der Waals surface area (Å²) in [6.07, 6.45) is 3.19. The third-order valence-corrected chi connectivity index (χ3v) is 5.91. The minimum atomic E-state index is -0.472. The Balaban J connectivity index is 1.34. The summed E-state index contributed by atoms with van der Waals surface area (Å²) in [5.74, 6) is 0. The van der Waals surface area contributed by atoms with Crippen LogP contribution in [-0.2, 0) is 16.1 Å². The Labute approximate surface area is 179 Å². The van der Waals surface area contributed by atoms with Gasteiger partial charge in [0.25, 0.3) is 0 Å². The number of likely N-dealkylation sites (tertiary alicyclic amines) is 1. The van der Waals surface area contributed by atoms with Crippen LogP contribution in [0.3, 0.4) is 0 Å². The van der Waals surface area contributed by atoms with Crippen molar-refractivity contribution in [1.29, 1.82) is 0 Å². The summed E-state index contributed by atoms with van der Waals surface area (Å²) in [6, 6.07) is 10.8. The molecule has 1 saturated heterocycles. The molecule has 0 radical (unpaired) electrons. The molecule has 1 aromatic carbocycles. The van der Waals surface area contributed by atoms with Crippen molar-refractivity contribution in [1.82, 2.24) is 15.1 Å². The summed E-state index contributed by atoms with van der Waals surface area (Å²) in [5, 5.41) is 2.95. The van der Waals surface area contributed by atoms with Crippen LogP contribution in [0, 0.1) is 0 Å². The highest BCUT2D eigenvalue weighted by molar-refractivity contribution is 5.68. The van der Waals surface area contributed by atoms with Crippen molar-refractivity contribution in [2.24, 2.45) is 0 Å². The second kappa shape index (κ2) is 9.69. The Morgan fingerprint density at radius 3 is 2.33 bits per heavy atom. The van der Waals surface area contributed by atoms with E-state index in [4.69, 9.17) is 9.47 Å². The Bertz CT molecular complexity index is 705. The fourth-order valence-corrected chi connectivity index (χ4v) is 4.08. The van der Waals surface area contributed by atoms with Gasteiger partial charge in [0.1, 0.15) is 12.2 Å². The first-order valence-corrected chi connectivity index (χ1v) is 10.9. The largest absolute Gasteiger partial charge is 0.445 e. The molecule has 7 heteroatoms. The molecule has 0 spiro atoms. The van der Waals surface area contributed by atoms with E-state index in [0.717, 1.165) is 44.3 Å². The lowest BCUT2D eigenvalue weighted by Crippen LogP contribution is -2.57. The number of hydrogen-bond donors (Lipinski definition) is 1. The molecule has 30 heavy (non-hydrogen) atoms. The minimum Gasteiger partial charge on any atom is -0.445 e. The van der Waals surface area contributed by atoms with Crippen LogP contribution in [0.2, 0.25) is 0 Å². The molecule has 1 aliphatic carbocycles. The molecule has 1 N–H and O–H groups in total. The molecule has 1 saturated carbocycles. The second-order valence-corrected chi connectivity index (χ2v) is 9.39. The first-order valence-electron chi connectivity index (χ1n) is 10.9. The molecule has 1 aliphatic heterocycles. The Morgan fingerprint density at radius 2 is 1.73 bits per heavy atom. The molecule has 2 aliphatic rings. The Hall–Kier alpha value is -2.28. The zero-order valence-corrected chi connectivity index (χ0v) is 18.6. The number of piperidine rings is 1. The van der Waals surface area contributed by atoms with E-state index in [1.54, 1.807) is 4.90 Å². The van der Waals surface area contributed by atoms with E-state index in [1.165, 1.54) is 0 Å². The number of ether oxygens (including phenoxy) is 2. The quantitative estimate of drug-likeness (QED) is 0.790. The van der Waals surface area contributed by atoms with Gasteiger partial charge in [-0.05, 0) is 59.1 Å². The zero-order chi connectivity index (χ0) is 21.7. The predicted octanol–water partition coefficient (Wildman–Crippen LogP) is 3.78. The molecular formula is C23H35N3O4. The van der Waals surface area contributed by atoms with Crippen LogP contribution in [-0.4, -0.2) is 65.9 Å². The fraction of sp³-hybridized carbons (Fsp3) is 0.652. The van der Waals surface area contributed by atoms with Crippen molar-refractivity contribution in [3.8, 4) is 0 Å². The van der Waals surface area contributed by atoms with Gasteiger partial charge in [0.15, 0.2) is 0 Å². The van der Waals surface area contributed by atoms with Crippen LogP contribution in [0.15, 0.2) is 30.3 Å². The van der Waals surface area contributed by atoms with Crippen LogP contribution in [0.5, 0.6) is 0 Å². The van der Waals surface area contributed by atoms with Gasteiger partial charge in [-0.25, -0.2) is 9.59 Å². The number of rotatable bonds is 5. The molecule has 3 rings (SSSR count). The van der Waals surface area contributed by atoms with Crippen LogP contribution in [0.25, 0.3) is 0 Å². The standard InChI is InChI=1S/C23H35N3O4/c1-23(2,3)30-21(27)24-18-14-20(15-18)25(4)19-10-12-26(13-11-19)22(28)29-16-17-8-6-5-7-9-17/h5-9,18-20H,10-16H2,1-4H3,(H,24,27). The van der Waals surface area contributed by atoms with Gasteiger partial charge >= 0.3 is 12.2 Å². The van der Waals surface area contributed by atoms with Gasteiger partial charge in [0.05, 0.1) is 0 Å². The van der Waals surface area contributed by atoms with Crippen LogP contribution >= 0.6 is 0 Å². The number of nitrogens with zero attached hydrogens (tertiary/aromatic N) is 2. The number of benzene rings is 1. The van der Waals surface area contributed by atoms with E-state index in [-0.39, 0.29) is 18.2 Å². The number of nitrogens with one attached hydrogen (secondary N) is 1. The fourth-order valence-electron chi connectivity index (χ4n) is 4.08. The van der Waals surface area contributed by atoms with E-state index in [1.807, 2.05) is 51.1 Å². The molecule has 1 heterocycles. The highest BCUT2D eigenvalue weighted by atomic mass is 16.6. The molecular weight excluding hydrogens is 382 g/mol. The van der Waals surface area contributed by atoms with Crippen LogP contribution < -0.4 is 5.32 Å². The summed E-state index contributed by atoms with van der Waals surface area (Å²) in [6.45, 7) is 7.35. The maximum absolute atomic E-state index is 12.3. The second-order valence-electron chi connectivity index (χ2n) is 9.39. The Kier molecular flexibility index (Phi) is 7.23. The molecule has 166 valence electrons. The zero-order valence-electron chi connectivity index (χ0n) is 18.6. The number of alkyl carbamates (subject to hydrolysis) is 1. The lowest BCUT2D eigenvalue weighted by Gasteiger charge is -2.46. The average molecular weight is 418 g/mol. The third kappa shape index (κ3) is 6.36. The monoisotopic (exact) mass is 417 g/mol. The Morgan fingerprint density at radius 1 is 1.10 bits per heavy atom. The lowest BCUT2D eigenvalue weighted by atomic mass is 9.84. The van der Waals surface area contributed by atoms with E-state index in [9.17, 15) is 9.59 Å². The van der Waals surface area contributed by atoms with Crippen molar-refractivity contribution in [2.75, 3.05) is 20.1 Å². The highest BCUT2D eigenvalue weighted by Crippen LogP contribution is 2.29. The summed E-state index contributed by atoms with van der Waals surface area (Å²) in [4.78, 5) is 28.4. The molecule has 0 unspecified atom stereocenters. The minimum absolute atomic E-state index is 0.181. The summed E-state index contributed by atoms with van der Waals surface area (Å²) in [5.41, 5.74) is 0.528. The summed E-state index contributed by atoms with van der Waals surface area (Å²) < 4.78 is 10.8. The average Bonchev–Trinajstić information content (AvgIpc) is 2.67. The maximum atomic E-state index is 12.3. The van der Waals surface area contributed by atoms with Gasteiger partial charge in [0.2, 0.25) is 0 Å². The molecule has 0 bridgehead atoms. The van der Waals surface area contributed by atoms with Gasteiger partial charge in [-0.15, -0.1) is 0 Å². The first-order chi connectivity index (χ1) is 14.2. The first kappa shape index (κ1) is 22.4. The summed E-state index contributed by atoms with van der Waals surface area (Å²) >= 11 is 0. The van der Waals surface area contributed by atoms with Crippen molar-refractivity contribution in [2.45, 2.75) is 76.8 Å². The number of hydrogen-bond acceptors (Lipinski definition) is 5. The van der Waals surface area contributed by atoms with Gasteiger partial charge in [-0.3, -0.25) is 0 Å². The summed E-state index contributed by atoms with van der Waals surface area (Å²) in [7, 11) is 2.16. The van der Waals surface area contributed by atoms with E-state index >= 15 is 0 Å². The molecule has 2 amide bonds. The van der Waals surface area contributed by atoms with Crippen LogP contribution in [0.1, 0.15) is 52.0 Å². The van der Waals surface area contributed by atoms with Gasteiger partial charge < -0.3 is 24.6 Å². The van der Waals surface area contributed by atoms with Crippen LogP contribution in [0.4, 0.5) is 9.59 Å². The van der Waals surface area contributed by atoms with Gasteiger partial charge in [0, 0.05) is 31.2 Å². The van der Waals surface area contributed by atoms with Crippen molar-refractivity contribution < 1.29 is 19.1 Å².